The number of carboxylic acids is 1. The number of nitrogen functional groups attached to an aromatic ring is 1. The minimum atomic E-state index is -0.665. The summed E-state index contributed by atoms with van der Waals surface area (Å²) in [6.45, 7) is 0. The summed E-state index contributed by atoms with van der Waals surface area (Å²) in [7, 11) is 0. The molecule has 1 fully saturated rings. The van der Waals surface area contributed by atoms with Crippen LogP contribution in [-0.4, -0.2) is 16.1 Å². The Hall–Kier alpha value is -2.37. The van der Waals surface area contributed by atoms with Crippen LogP contribution in [0.4, 0.5) is 5.69 Å². The van der Waals surface area contributed by atoms with E-state index >= 15 is 0 Å². The van der Waals surface area contributed by atoms with Crippen molar-refractivity contribution in [3.8, 4) is 0 Å². The molecule has 0 unspecified atom stereocenters. The van der Waals surface area contributed by atoms with E-state index < -0.39 is 11.4 Å². The summed E-state index contributed by atoms with van der Waals surface area (Å²) < 4.78 is 0. The normalized spacial score (nSPS) is 20.6. The highest BCUT2D eigenvalue weighted by atomic mass is 35.5. The molecular formula is C23H21ClN2O2S. The lowest BCUT2D eigenvalue weighted by atomic mass is 9.82. The van der Waals surface area contributed by atoms with Gasteiger partial charge < -0.3 is 10.8 Å². The fourth-order valence-corrected chi connectivity index (χ4v) is 5.67. The number of fused-ring (bicyclic) bond motifs is 1. The van der Waals surface area contributed by atoms with Crippen LogP contribution in [0.3, 0.4) is 0 Å². The SMILES string of the molecule is Nc1c(C2=CC=C(C3=CC=C(C4(C(=O)O)CC4)CC3)CC2)sc2ncc(Cl)cc12. The molecule has 3 aliphatic rings. The molecule has 3 aliphatic carbocycles. The summed E-state index contributed by atoms with van der Waals surface area (Å²) in [4.78, 5) is 17.9. The van der Waals surface area contributed by atoms with E-state index in [1.165, 1.54) is 16.7 Å². The van der Waals surface area contributed by atoms with Crippen molar-refractivity contribution >= 4 is 50.4 Å². The van der Waals surface area contributed by atoms with Crippen molar-refractivity contribution in [2.24, 2.45) is 5.41 Å². The van der Waals surface area contributed by atoms with Crippen molar-refractivity contribution in [2.75, 3.05) is 5.73 Å². The Morgan fingerprint density at radius 1 is 1.07 bits per heavy atom. The van der Waals surface area contributed by atoms with Gasteiger partial charge in [-0.1, -0.05) is 41.5 Å². The molecule has 0 aromatic carbocycles. The number of rotatable bonds is 4. The van der Waals surface area contributed by atoms with Gasteiger partial charge in [0, 0.05) is 11.6 Å². The second-order valence-corrected chi connectivity index (χ2v) is 9.44. The van der Waals surface area contributed by atoms with Crippen LogP contribution in [0.15, 0.2) is 53.3 Å². The maximum Gasteiger partial charge on any atom is 0.313 e. The summed E-state index contributed by atoms with van der Waals surface area (Å²) >= 11 is 7.69. The number of carboxylic acid groups (broad SMARTS) is 1. The molecule has 0 spiro atoms. The first kappa shape index (κ1) is 18.6. The summed E-state index contributed by atoms with van der Waals surface area (Å²) in [5.41, 5.74) is 11.6. The number of hydrogen-bond donors (Lipinski definition) is 2. The van der Waals surface area contributed by atoms with Gasteiger partial charge in [-0.15, -0.1) is 11.3 Å². The molecule has 2 aromatic rings. The molecule has 1 saturated carbocycles. The zero-order valence-electron chi connectivity index (χ0n) is 15.9. The van der Waals surface area contributed by atoms with Crippen LogP contribution in [0.2, 0.25) is 5.02 Å². The van der Waals surface area contributed by atoms with Gasteiger partial charge in [-0.25, -0.2) is 4.98 Å². The van der Waals surface area contributed by atoms with Crippen molar-refractivity contribution < 1.29 is 9.90 Å². The van der Waals surface area contributed by atoms with Gasteiger partial charge in [-0.05, 0) is 61.3 Å². The van der Waals surface area contributed by atoms with Gasteiger partial charge in [-0.3, -0.25) is 4.79 Å². The van der Waals surface area contributed by atoms with E-state index in [9.17, 15) is 9.90 Å². The van der Waals surface area contributed by atoms with Crippen molar-refractivity contribution in [1.82, 2.24) is 4.98 Å². The van der Waals surface area contributed by atoms with Crippen molar-refractivity contribution in [2.45, 2.75) is 38.5 Å². The van der Waals surface area contributed by atoms with Gasteiger partial charge in [0.15, 0.2) is 0 Å². The highest BCUT2D eigenvalue weighted by Crippen LogP contribution is 2.54. The molecule has 2 aromatic heterocycles. The van der Waals surface area contributed by atoms with Gasteiger partial charge in [0.1, 0.15) is 4.83 Å². The molecule has 4 nitrogen and oxygen atoms in total. The molecule has 29 heavy (non-hydrogen) atoms. The number of aromatic nitrogens is 1. The highest BCUT2D eigenvalue weighted by molar-refractivity contribution is 7.20. The lowest BCUT2D eigenvalue weighted by molar-refractivity contribution is -0.141. The van der Waals surface area contributed by atoms with E-state index in [0.29, 0.717) is 5.02 Å². The van der Waals surface area contributed by atoms with Crippen LogP contribution in [0.25, 0.3) is 15.8 Å². The van der Waals surface area contributed by atoms with Gasteiger partial charge in [0.05, 0.1) is 21.0 Å². The first-order chi connectivity index (χ1) is 14.0. The third-order valence-corrected chi connectivity index (χ3v) is 7.74. The average Bonchev–Trinajstić information content (AvgIpc) is 3.49. The van der Waals surface area contributed by atoms with Crippen LogP contribution in [0.5, 0.6) is 0 Å². The predicted octanol–water partition coefficient (Wildman–Crippen LogP) is 6.15. The zero-order chi connectivity index (χ0) is 20.2. The first-order valence-corrected chi connectivity index (χ1v) is 11.0. The van der Waals surface area contributed by atoms with Crippen LogP contribution in [-0.2, 0) is 4.79 Å². The predicted molar refractivity (Wildman–Crippen MR) is 119 cm³/mol. The van der Waals surface area contributed by atoms with E-state index in [1.807, 2.05) is 6.07 Å². The summed E-state index contributed by atoms with van der Waals surface area (Å²) in [6.07, 6.45) is 15.4. The molecule has 0 saturated heterocycles. The summed E-state index contributed by atoms with van der Waals surface area (Å²) in [5, 5.41) is 11.0. The topological polar surface area (TPSA) is 76.2 Å². The molecule has 148 valence electrons. The molecule has 5 rings (SSSR count). The molecule has 0 amide bonds. The number of halogens is 1. The fraction of sp³-hybridized carbons (Fsp3) is 0.304. The van der Waals surface area contributed by atoms with E-state index in [4.69, 9.17) is 17.3 Å². The molecule has 6 heteroatoms. The summed E-state index contributed by atoms with van der Waals surface area (Å²) in [6, 6.07) is 1.88. The van der Waals surface area contributed by atoms with Gasteiger partial charge in [0.2, 0.25) is 0 Å². The largest absolute Gasteiger partial charge is 0.481 e. The van der Waals surface area contributed by atoms with E-state index in [2.05, 4.69) is 29.3 Å². The molecule has 0 bridgehead atoms. The van der Waals surface area contributed by atoms with Gasteiger partial charge >= 0.3 is 5.97 Å². The number of carbonyl (C=O) groups is 1. The number of hydrogen-bond acceptors (Lipinski definition) is 4. The maximum atomic E-state index is 11.5. The number of nitrogens with zero attached hydrogens (tertiary/aromatic N) is 1. The van der Waals surface area contributed by atoms with Crippen LogP contribution in [0.1, 0.15) is 43.4 Å². The Morgan fingerprint density at radius 3 is 2.31 bits per heavy atom. The van der Waals surface area contributed by atoms with Crippen LogP contribution < -0.4 is 5.73 Å². The van der Waals surface area contributed by atoms with Gasteiger partial charge in [0.25, 0.3) is 0 Å². The number of allylic oxidation sites excluding steroid dienone is 7. The van der Waals surface area contributed by atoms with Crippen molar-refractivity contribution in [3.05, 3.63) is 63.2 Å². The lowest BCUT2D eigenvalue weighted by Crippen LogP contribution is -2.18. The number of aliphatic carboxylic acids is 1. The fourth-order valence-electron chi connectivity index (χ4n) is 4.41. The smallest absolute Gasteiger partial charge is 0.313 e. The summed E-state index contributed by atoms with van der Waals surface area (Å²) in [5.74, 6) is -0.665. The number of thiophene rings is 1. The molecule has 2 heterocycles. The van der Waals surface area contributed by atoms with Crippen LogP contribution in [0, 0.1) is 5.41 Å². The number of nitrogens with two attached hydrogens (primary N) is 1. The first-order valence-electron chi connectivity index (χ1n) is 9.85. The van der Waals surface area contributed by atoms with E-state index in [0.717, 1.165) is 64.9 Å². The van der Waals surface area contributed by atoms with Crippen LogP contribution >= 0.6 is 22.9 Å². The highest BCUT2D eigenvalue weighted by Gasteiger charge is 2.52. The number of anilines is 1. The third kappa shape index (κ3) is 3.13. The second-order valence-electron chi connectivity index (χ2n) is 8.01. The Labute approximate surface area is 178 Å². The van der Waals surface area contributed by atoms with Crippen molar-refractivity contribution in [3.63, 3.8) is 0 Å². The monoisotopic (exact) mass is 424 g/mol. The van der Waals surface area contributed by atoms with E-state index in [-0.39, 0.29) is 0 Å². The minimum absolute atomic E-state index is 0.564. The lowest BCUT2D eigenvalue weighted by Gasteiger charge is -2.22. The molecular weight excluding hydrogens is 404 g/mol. The molecule has 0 aliphatic heterocycles. The standard InChI is InChI=1S/C23H21ClN2O2S/c24-17-11-18-19(25)20(29-21(18)26-12-17)15-3-1-13(2-4-15)14-5-7-16(8-6-14)23(9-10-23)22(27)28/h1,3,5,7,11-12H,2,4,6,8-10,25H2,(H,27,28). The minimum Gasteiger partial charge on any atom is -0.481 e. The number of pyridine rings is 1. The van der Waals surface area contributed by atoms with E-state index in [1.54, 1.807) is 17.5 Å². The Kier molecular flexibility index (Phi) is 4.41. The Bertz CT molecular complexity index is 1160. The Morgan fingerprint density at radius 2 is 1.72 bits per heavy atom. The zero-order valence-corrected chi connectivity index (χ0v) is 17.4. The quantitative estimate of drug-likeness (QED) is 0.617. The van der Waals surface area contributed by atoms with Gasteiger partial charge in [-0.2, -0.15) is 0 Å². The third-order valence-electron chi connectivity index (χ3n) is 6.33. The molecule has 0 atom stereocenters. The Balaban J connectivity index is 1.41. The average molecular weight is 425 g/mol. The molecule has 3 N–H and O–H groups in total. The maximum absolute atomic E-state index is 11.5. The molecule has 0 radical (unpaired) electrons. The van der Waals surface area contributed by atoms with Crippen molar-refractivity contribution in [1.29, 1.82) is 0 Å². The second kappa shape index (κ2) is 6.85.